The average molecular weight is 283 g/mol. The molecule has 0 saturated carbocycles. The molecule has 1 N–H and O–H groups in total. The van der Waals surface area contributed by atoms with Gasteiger partial charge in [-0.1, -0.05) is 23.2 Å². The van der Waals surface area contributed by atoms with E-state index in [2.05, 4.69) is 5.32 Å². The van der Waals surface area contributed by atoms with Crippen LogP contribution in [0, 0.1) is 5.21 Å². The molecular formula is C12H8Cl2N2O2. The van der Waals surface area contributed by atoms with Crippen LogP contribution < -0.4 is 10.0 Å². The lowest BCUT2D eigenvalue weighted by atomic mass is 10.2. The lowest BCUT2D eigenvalue weighted by Gasteiger charge is -2.06. The van der Waals surface area contributed by atoms with E-state index in [1.165, 1.54) is 24.5 Å². The van der Waals surface area contributed by atoms with Crippen molar-refractivity contribution in [3.8, 4) is 0 Å². The lowest BCUT2D eigenvalue weighted by molar-refractivity contribution is -0.605. The summed E-state index contributed by atoms with van der Waals surface area (Å²) in [5.41, 5.74) is 0.918. The van der Waals surface area contributed by atoms with E-state index in [1.807, 2.05) is 0 Å². The topological polar surface area (TPSA) is 56.0 Å². The number of hydrogen-bond acceptors (Lipinski definition) is 2. The Morgan fingerprint density at radius 1 is 1.11 bits per heavy atom. The maximum Gasteiger partial charge on any atom is 0.256 e. The summed E-state index contributed by atoms with van der Waals surface area (Å²) < 4.78 is 0.607. The zero-order valence-electron chi connectivity index (χ0n) is 9.06. The standard InChI is InChI=1S/C12H8Cl2N2O2/c13-10-2-1-9(7-11(10)14)15-12(17)8-3-5-16(18)6-4-8/h1-7H,(H,15,17). The molecule has 1 heterocycles. The molecular weight excluding hydrogens is 275 g/mol. The summed E-state index contributed by atoms with van der Waals surface area (Å²) in [6.07, 6.45) is 2.51. The second-order valence-electron chi connectivity index (χ2n) is 3.53. The van der Waals surface area contributed by atoms with E-state index in [1.54, 1.807) is 18.2 Å². The highest BCUT2D eigenvalue weighted by atomic mass is 35.5. The van der Waals surface area contributed by atoms with Crippen molar-refractivity contribution in [3.63, 3.8) is 0 Å². The number of nitrogens with zero attached hydrogens (tertiary/aromatic N) is 1. The van der Waals surface area contributed by atoms with Crippen molar-refractivity contribution in [2.75, 3.05) is 5.32 Å². The molecule has 0 aliphatic heterocycles. The van der Waals surface area contributed by atoms with Crippen molar-refractivity contribution in [1.29, 1.82) is 0 Å². The van der Waals surface area contributed by atoms with E-state index < -0.39 is 0 Å². The van der Waals surface area contributed by atoms with Gasteiger partial charge in [0.25, 0.3) is 5.91 Å². The highest BCUT2D eigenvalue weighted by molar-refractivity contribution is 6.42. The van der Waals surface area contributed by atoms with Gasteiger partial charge in [-0.15, -0.1) is 0 Å². The monoisotopic (exact) mass is 282 g/mol. The fourth-order valence-corrected chi connectivity index (χ4v) is 1.64. The summed E-state index contributed by atoms with van der Waals surface area (Å²) >= 11 is 11.6. The molecule has 1 amide bonds. The van der Waals surface area contributed by atoms with E-state index in [0.717, 1.165) is 0 Å². The molecule has 0 saturated heterocycles. The Bertz CT molecular complexity index is 585. The Labute approximate surface area is 113 Å². The first kappa shape index (κ1) is 12.7. The van der Waals surface area contributed by atoms with Gasteiger partial charge < -0.3 is 10.5 Å². The third-order valence-corrected chi connectivity index (χ3v) is 2.98. The number of carbonyl (C=O) groups is 1. The van der Waals surface area contributed by atoms with Gasteiger partial charge in [-0.3, -0.25) is 4.79 Å². The van der Waals surface area contributed by atoms with Crippen LogP contribution in [-0.2, 0) is 0 Å². The fraction of sp³-hybridized carbons (Fsp3) is 0. The summed E-state index contributed by atoms with van der Waals surface area (Å²) in [6.45, 7) is 0. The van der Waals surface area contributed by atoms with Gasteiger partial charge in [0.15, 0.2) is 12.4 Å². The normalized spacial score (nSPS) is 10.1. The van der Waals surface area contributed by atoms with Crippen LogP contribution in [0.2, 0.25) is 10.0 Å². The van der Waals surface area contributed by atoms with Crippen molar-refractivity contribution in [3.05, 3.63) is 63.5 Å². The SMILES string of the molecule is O=C(Nc1ccc(Cl)c(Cl)c1)c1cc[n+]([O-])cc1. The number of benzene rings is 1. The maximum atomic E-state index is 11.8. The summed E-state index contributed by atoms with van der Waals surface area (Å²) in [6, 6.07) is 7.65. The number of amides is 1. The Kier molecular flexibility index (Phi) is 3.69. The van der Waals surface area contributed by atoms with Gasteiger partial charge in [0.2, 0.25) is 0 Å². The van der Waals surface area contributed by atoms with Gasteiger partial charge in [0.1, 0.15) is 0 Å². The van der Waals surface area contributed by atoms with Gasteiger partial charge in [0.05, 0.1) is 15.6 Å². The van der Waals surface area contributed by atoms with Crippen LogP contribution >= 0.6 is 23.2 Å². The number of anilines is 1. The molecule has 0 spiro atoms. The maximum absolute atomic E-state index is 11.8. The van der Waals surface area contributed by atoms with Crippen molar-refractivity contribution >= 4 is 34.8 Å². The van der Waals surface area contributed by atoms with E-state index in [9.17, 15) is 10.0 Å². The molecule has 18 heavy (non-hydrogen) atoms. The highest BCUT2D eigenvalue weighted by Crippen LogP contribution is 2.25. The first-order valence-electron chi connectivity index (χ1n) is 5.01. The minimum absolute atomic E-state index is 0.325. The van der Waals surface area contributed by atoms with Crippen molar-refractivity contribution < 1.29 is 9.52 Å². The zero-order valence-corrected chi connectivity index (χ0v) is 10.6. The van der Waals surface area contributed by atoms with Crippen LogP contribution in [0.5, 0.6) is 0 Å². The summed E-state index contributed by atoms with van der Waals surface area (Å²) in [5, 5.41) is 14.3. The van der Waals surface area contributed by atoms with Crippen molar-refractivity contribution in [2.45, 2.75) is 0 Å². The Morgan fingerprint density at radius 3 is 2.39 bits per heavy atom. The molecule has 0 aliphatic rings. The quantitative estimate of drug-likeness (QED) is 0.680. The third kappa shape index (κ3) is 2.91. The van der Waals surface area contributed by atoms with Crippen LogP contribution in [0.1, 0.15) is 10.4 Å². The number of carbonyl (C=O) groups excluding carboxylic acids is 1. The first-order valence-corrected chi connectivity index (χ1v) is 5.77. The van der Waals surface area contributed by atoms with Crippen LogP contribution in [0.15, 0.2) is 42.7 Å². The summed E-state index contributed by atoms with van der Waals surface area (Å²) in [4.78, 5) is 11.8. The highest BCUT2D eigenvalue weighted by Gasteiger charge is 2.08. The first-order chi connectivity index (χ1) is 8.56. The second kappa shape index (κ2) is 5.25. The van der Waals surface area contributed by atoms with Gasteiger partial charge >= 0.3 is 0 Å². The molecule has 0 atom stereocenters. The van der Waals surface area contributed by atoms with E-state index in [4.69, 9.17) is 23.2 Å². The van der Waals surface area contributed by atoms with Gasteiger partial charge in [-0.25, -0.2) is 0 Å². The Morgan fingerprint density at radius 2 is 1.78 bits per heavy atom. The summed E-state index contributed by atoms with van der Waals surface area (Å²) in [5.74, 6) is -0.325. The second-order valence-corrected chi connectivity index (χ2v) is 4.34. The number of nitrogens with one attached hydrogen (secondary N) is 1. The van der Waals surface area contributed by atoms with Crippen LogP contribution in [0.3, 0.4) is 0 Å². The van der Waals surface area contributed by atoms with Crippen LogP contribution in [-0.4, -0.2) is 5.91 Å². The molecule has 92 valence electrons. The molecule has 0 unspecified atom stereocenters. The average Bonchev–Trinajstić information content (AvgIpc) is 2.34. The number of aromatic nitrogens is 1. The molecule has 0 bridgehead atoms. The number of rotatable bonds is 2. The zero-order chi connectivity index (χ0) is 13.1. The Balaban J connectivity index is 2.16. The number of pyridine rings is 1. The molecule has 4 nitrogen and oxygen atoms in total. The van der Waals surface area contributed by atoms with Crippen LogP contribution in [0.4, 0.5) is 5.69 Å². The predicted octanol–water partition coefficient (Wildman–Crippen LogP) is 2.88. The van der Waals surface area contributed by atoms with Gasteiger partial charge in [-0.2, -0.15) is 4.73 Å². The van der Waals surface area contributed by atoms with E-state index >= 15 is 0 Å². The fourth-order valence-electron chi connectivity index (χ4n) is 1.34. The molecule has 2 rings (SSSR count). The minimum atomic E-state index is -0.325. The van der Waals surface area contributed by atoms with Gasteiger partial charge in [0, 0.05) is 17.8 Å². The molecule has 2 aromatic rings. The molecule has 0 fully saturated rings. The van der Waals surface area contributed by atoms with Crippen molar-refractivity contribution in [1.82, 2.24) is 0 Å². The number of hydrogen-bond donors (Lipinski definition) is 1. The minimum Gasteiger partial charge on any atom is -0.619 e. The van der Waals surface area contributed by atoms with E-state index in [0.29, 0.717) is 26.0 Å². The largest absolute Gasteiger partial charge is 0.619 e. The Hall–Kier alpha value is -1.78. The van der Waals surface area contributed by atoms with Gasteiger partial charge in [-0.05, 0) is 18.2 Å². The smallest absolute Gasteiger partial charge is 0.256 e. The van der Waals surface area contributed by atoms with Crippen LogP contribution in [0.25, 0.3) is 0 Å². The molecule has 1 aromatic carbocycles. The number of halogens is 2. The third-order valence-electron chi connectivity index (χ3n) is 2.24. The lowest BCUT2D eigenvalue weighted by Crippen LogP contribution is -2.25. The summed E-state index contributed by atoms with van der Waals surface area (Å²) in [7, 11) is 0. The van der Waals surface area contributed by atoms with E-state index in [-0.39, 0.29) is 5.91 Å². The molecule has 0 aliphatic carbocycles. The van der Waals surface area contributed by atoms with Crippen molar-refractivity contribution in [2.24, 2.45) is 0 Å². The molecule has 6 heteroatoms. The molecule has 1 aromatic heterocycles. The molecule has 0 radical (unpaired) electrons. The predicted molar refractivity (Wildman–Crippen MR) is 69.8 cm³/mol.